The first kappa shape index (κ1) is 19.4. The largest absolute Gasteiger partial charge is 0.371 e. The third-order valence-electron chi connectivity index (χ3n) is 6.10. The molecular weight excluding hydrogens is 364 g/mol. The summed E-state index contributed by atoms with van der Waals surface area (Å²) in [6.07, 6.45) is 7.87. The second-order valence-electron chi connectivity index (χ2n) is 8.13. The smallest absolute Gasteiger partial charge is 0.228 e. The summed E-state index contributed by atoms with van der Waals surface area (Å²) in [6, 6.07) is 9.97. The molecule has 6 nitrogen and oxygen atoms in total. The molecule has 1 fully saturated rings. The van der Waals surface area contributed by atoms with Gasteiger partial charge < -0.3 is 15.1 Å². The van der Waals surface area contributed by atoms with E-state index in [4.69, 9.17) is 0 Å². The zero-order valence-corrected chi connectivity index (χ0v) is 16.9. The Morgan fingerprint density at radius 3 is 2.72 bits per heavy atom. The number of amides is 2. The quantitative estimate of drug-likeness (QED) is 0.821. The molecule has 0 spiro atoms. The predicted octanol–water partition coefficient (Wildman–Crippen LogP) is 2.88. The highest BCUT2D eigenvalue weighted by molar-refractivity contribution is 5.99. The summed E-state index contributed by atoms with van der Waals surface area (Å²) in [7, 11) is 1.89. The minimum atomic E-state index is 0.0237. The maximum absolute atomic E-state index is 12.6. The molecule has 0 unspecified atom stereocenters. The van der Waals surface area contributed by atoms with Gasteiger partial charge in [-0.05, 0) is 54.5 Å². The average Bonchev–Trinajstić information content (AvgIpc) is 3.12. The van der Waals surface area contributed by atoms with Crippen LogP contribution in [0.15, 0.2) is 42.7 Å². The van der Waals surface area contributed by atoms with Crippen LogP contribution >= 0.6 is 0 Å². The predicted molar refractivity (Wildman–Crippen MR) is 114 cm³/mol. The van der Waals surface area contributed by atoms with Crippen LogP contribution in [0.5, 0.6) is 0 Å². The van der Waals surface area contributed by atoms with Gasteiger partial charge in [-0.3, -0.25) is 14.6 Å². The van der Waals surface area contributed by atoms with Gasteiger partial charge in [0.25, 0.3) is 0 Å². The Morgan fingerprint density at radius 2 is 1.97 bits per heavy atom. The van der Waals surface area contributed by atoms with Gasteiger partial charge in [0, 0.05) is 50.5 Å². The van der Waals surface area contributed by atoms with Gasteiger partial charge >= 0.3 is 0 Å². The normalized spacial score (nSPS) is 16.4. The number of hydrogen-bond acceptors (Lipinski definition) is 4. The Labute approximate surface area is 171 Å². The van der Waals surface area contributed by atoms with Crippen LogP contribution in [-0.2, 0) is 22.4 Å². The Hall–Kier alpha value is -2.89. The molecule has 6 heteroatoms. The molecule has 1 saturated heterocycles. The monoisotopic (exact) mass is 392 g/mol. The number of piperidine rings is 1. The summed E-state index contributed by atoms with van der Waals surface area (Å²) in [5, 5.41) is 2.85. The van der Waals surface area contributed by atoms with E-state index in [1.54, 1.807) is 0 Å². The topological polar surface area (TPSA) is 65.5 Å². The molecule has 3 heterocycles. The first-order valence-electron chi connectivity index (χ1n) is 10.4. The summed E-state index contributed by atoms with van der Waals surface area (Å²) in [5.41, 5.74) is 4.06. The molecule has 0 bridgehead atoms. The Kier molecular flexibility index (Phi) is 5.79. The lowest BCUT2D eigenvalue weighted by molar-refractivity contribution is -0.129. The third-order valence-corrected chi connectivity index (χ3v) is 6.10. The second-order valence-corrected chi connectivity index (χ2v) is 8.13. The fourth-order valence-corrected chi connectivity index (χ4v) is 4.22. The van der Waals surface area contributed by atoms with E-state index < -0.39 is 0 Å². The number of pyridine rings is 1. The van der Waals surface area contributed by atoms with Gasteiger partial charge in [0.15, 0.2) is 0 Å². The maximum atomic E-state index is 12.6. The number of anilines is 2. The lowest BCUT2D eigenvalue weighted by Crippen LogP contribution is -2.36. The molecule has 152 valence electrons. The van der Waals surface area contributed by atoms with Crippen LogP contribution < -0.4 is 10.2 Å². The fourth-order valence-electron chi connectivity index (χ4n) is 4.22. The number of aromatic nitrogens is 1. The van der Waals surface area contributed by atoms with Crippen LogP contribution in [0.2, 0.25) is 0 Å². The number of nitrogens with zero attached hydrogens (tertiary/aromatic N) is 3. The third kappa shape index (κ3) is 4.75. The average molecular weight is 393 g/mol. The summed E-state index contributed by atoms with van der Waals surface area (Å²) in [6.45, 7) is 2.92. The van der Waals surface area contributed by atoms with Gasteiger partial charge in [-0.2, -0.15) is 0 Å². The van der Waals surface area contributed by atoms with Crippen molar-refractivity contribution in [1.82, 2.24) is 9.88 Å². The highest BCUT2D eigenvalue weighted by Crippen LogP contribution is 2.26. The van der Waals surface area contributed by atoms with Crippen molar-refractivity contribution in [3.05, 3.63) is 53.9 Å². The molecule has 0 saturated carbocycles. The van der Waals surface area contributed by atoms with Crippen molar-refractivity contribution in [3.8, 4) is 0 Å². The second kappa shape index (κ2) is 8.64. The zero-order valence-electron chi connectivity index (χ0n) is 16.9. The van der Waals surface area contributed by atoms with Gasteiger partial charge in [-0.1, -0.05) is 12.1 Å². The van der Waals surface area contributed by atoms with E-state index in [0.29, 0.717) is 18.8 Å². The molecule has 2 aromatic rings. The first-order chi connectivity index (χ1) is 14.1. The van der Waals surface area contributed by atoms with Crippen LogP contribution in [0.4, 0.5) is 11.4 Å². The van der Waals surface area contributed by atoms with Crippen LogP contribution in [0.1, 0.15) is 30.4 Å². The van der Waals surface area contributed by atoms with E-state index in [0.717, 1.165) is 55.7 Å². The highest BCUT2D eigenvalue weighted by atomic mass is 16.2. The van der Waals surface area contributed by atoms with E-state index >= 15 is 0 Å². The molecule has 0 aliphatic carbocycles. The molecule has 29 heavy (non-hydrogen) atoms. The zero-order chi connectivity index (χ0) is 20.2. The number of hydrogen-bond donors (Lipinski definition) is 1. The molecule has 1 aromatic carbocycles. The van der Waals surface area contributed by atoms with Gasteiger partial charge in [-0.25, -0.2) is 0 Å². The van der Waals surface area contributed by atoms with Crippen molar-refractivity contribution in [2.45, 2.75) is 32.1 Å². The van der Waals surface area contributed by atoms with Crippen molar-refractivity contribution in [2.24, 2.45) is 5.92 Å². The minimum Gasteiger partial charge on any atom is -0.371 e. The van der Waals surface area contributed by atoms with Crippen LogP contribution in [0.25, 0.3) is 0 Å². The SMILES string of the molecule is CN(CCC1CCN(c2ccncc2)CC1)C(=O)Cc1ccc2c(c1)NC(=O)C2. The van der Waals surface area contributed by atoms with Gasteiger partial charge in [0.1, 0.15) is 0 Å². The van der Waals surface area contributed by atoms with Crippen LogP contribution in [-0.4, -0.2) is 48.4 Å². The maximum Gasteiger partial charge on any atom is 0.228 e. The van der Waals surface area contributed by atoms with E-state index in [1.165, 1.54) is 5.69 Å². The molecule has 4 rings (SSSR count). The Bertz CT molecular complexity index is 876. The molecule has 2 amide bonds. The van der Waals surface area contributed by atoms with Crippen molar-refractivity contribution in [2.75, 3.05) is 36.9 Å². The van der Waals surface area contributed by atoms with E-state index in [2.05, 4.69) is 27.3 Å². The van der Waals surface area contributed by atoms with Gasteiger partial charge in [0.2, 0.25) is 11.8 Å². The summed E-state index contributed by atoms with van der Waals surface area (Å²) in [4.78, 5) is 32.5. The Morgan fingerprint density at radius 1 is 1.21 bits per heavy atom. The fraction of sp³-hybridized carbons (Fsp3) is 0.435. The summed E-state index contributed by atoms with van der Waals surface area (Å²) >= 11 is 0. The lowest BCUT2D eigenvalue weighted by Gasteiger charge is -2.34. The number of carbonyl (C=O) groups excluding carboxylic acids is 2. The van der Waals surface area contributed by atoms with E-state index in [9.17, 15) is 9.59 Å². The van der Waals surface area contributed by atoms with Crippen molar-refractivity contribution >= 4 is 23.2 Å². The number of likely N-dealkylation sites (N-methyl/N-ethyl adjacent to an activating group) is 1. The standard InChI is InChI=1S/C23H28N4O2/c1-26(23(29)15-18-2-3-19-16-22(28)25-21(19)14-18)11-6-17-7-12-27(13-8-17)20-4-9-24-10-5-20/h2-5,9-10,14,17H,6-8,11-13,15-16H2,1H3,(H,25,28). The lowest BCUT2D eigenvalue weighted by atomic mass is 9.93. The van der Waals surface area contributed by atoms with Crippen molar-refractivity contribution in [1.29, 1.82) is 0 Å². The molecule has 2 aliphatic heterocycles. The number of rotatable bonds is 6. The Balaban J connectivity index is 1.22. The van der Waals surface area contributed by atoms with Crippen LogP contribution in [0, 0.1) is 5.92 Å². The number of fused-ring (bicyclic) bond motifs is 1. The number of benzene rings is 1. The molecule has 1 N–H and O–H groups in total. The van der Waals surface area contributed by atoms with Crippen molar-refractivity contribution < 1.29 is 9.59 Å². The number of nitrogens with one attached hydrogen (secondary N) is 1. The summed E-state index contributed by atoms with van der Waals surface area (Å²) in [5.74, 6) is 0.817. The van der Waals surface area contributed by atoms with E-state index in [-0.39, 0.29) is 11.8 Å². The van der Waals surface area contributed by atoms with Gasteiger partial charge in [0.05, 0.1) is 12.8 Å². The van der Waals surface area contributed by atoms with E-state index in [1.807, 2.05) is 42.5 Å². The summed E-state index contributed by atoms with van der Waals surface area (Å²) < 4.78 is 0. The van der Waals surface area contributed by atoms with Gasteiger partial charge in [-0.15, -0.1) is 0 Å². The van der Waals surface area contributed by atoms with Crippen LogP contribution in [0.3, 0.4) is 0 Å². The highest BCUT2D eigenvalue weighted by Gasteiger charge is 2.21. The first-order valence-corrected chi connectivity index (χ1v) is 10.4. The molecule has 0 atom stereocenters. The molecular formula is C23H28N4O2. The molecule has 0 radical (unpaired) electrons. The van der Waals surface area contributed by atoms with Crippen molar-refractivity contribution in [3.63, 3.8) is 0 Å². The minimum absolute atomic E-state index is 0.0237. The molecule has 1 aromatic heterocycles. The molecule has 2 aliphatic rings. The number of carbonyl (C=O) groups is 2.